The zero-order valence-corrected chi connectivity index (χ0v) is 12.0. The molecule has 2 rings (SSSR count). The Hall–Kier alpha value is -3.27. The van der Waals surface area contributed by atoms with Crippen LogP contribution in [0, 0.1) is 35.6 Å². The number of rotatable bonds is 2. The number of hydrogen-bond acceptors (Lipinski definition) is 5. The van der Waals surface area contributed by atoms with E-state index < -0.39 is 10.5 Å². The average Bonchev–Trinajstić information content (AvgIpc) is 2.47. The van der Waals surface area contributed by atoms with Gasteiger partial charge in [-0.3, -0.25) is 10.2 Å². The van der Waals surface area contributed by atoms with Crippen molar-refractivity contribution in [2.45, 2.75) is 13.8 Å². The van der Waals surface area contributed by atoms with Gasteiger partial charge in [-0.2, -0.15) is 10.2 Å². The van der Waals surface area contributed by atoms with E-state index in [0.29, 0.717) is 16.8 Å². The largest absolute Gasteiger partial charge is 0.612 e. The maximum atomic E-state index is 12.2. The van der Waals surface area contributed by atoms with Gasteiger partial charge in [0.25, 0.3) is 5.56 Å². The highest BCUT2D eigenvalue weighted by atomic mass is 16.8. The van der Waals surface area contributed by atoms with Crippen molar-refractivity contribution in [3.05, 3.63) is 79.7 Å². The Morgan fingerprint density at radius 1 is 1.27 bits per heavy atom. The maximum absolute atomic E-state index is 12.2. The number of aryl methyl sites for hydroxylation is 2. The molecule has 0 amide bonds. The van der Waals surface area contributed by atoms with E-state index in [-0.39, 0.29) is 11.3 Å². The predicted molar refractivity (Wildman–Crippen MR) is 82.6 cm³/mol. The van der Waals surface area contributed by atoms with E-state index in [1.165, 1.54) is 23.0 Å². The molecule has 112 valence electrons. The quantitative estimate of drug-likeness (QED) is 0.654. The van der Waals surface area contributed by atoms with Crippen LogP contribution in [0.4, 0.5) is 0 Å². The molecule has 0 spiro atoms. The van der Waals surface area contributed by atoms with E-state index in [9.17, 15) is 15.2 Å². The first-order valence-electron chi connectivity index (χ1n) is 6.41. The fourth-order valence-corrected chi connectivity index (χ4v) is 2.02. The number of allylic oxidation sites excluding steroid dienone is 5. The van der Waals surface area contributed by atoms with Crippen LogP contribution in [0.1, 0.15) is 16.8 Å². The van der Waals surface area contributed by atoms with Crippen molar-refractivity contribution in [1.82, 2.24) is 4.68 Å². The van der Waals surface area contributed by atoms with Crippen LogP contribution in [0.15, 0.2) is 46.9 Å². The lowest BCUT2D eigenvalue weighted by Gasteiger charge is -2.12. The Labute approximate surface area is 126 Å². The molecule has 22 heavy (non-hydrogen) atoms. The Kier molecular flexibility index (Phi) is 4.13. The average molecular weight is 297 g/mol. The molecule has 1 aliphatic rings. The minimum atomic E-state index is -0.481. The molecule has 0 atom stereocenters. The molecule has 0 bridgehead atoms. The molecule has 0 saturated heterocycles. The van der Waals surface area contributed by atoms with Gasteiger partial charge in [-0.05, 0) is 43.2 Å². The van der Waals surface area contributed by atoms with Crippen LogP contribution < -0.4 is 11.0 Å². The number of nitrogens with zero attached hydrogens (tertiary/aromatic N) is 3. The van der Waals surface area contributed by atoms with Gasteiger partial charge in [-0.1, -0.05) is 0 Å². The van der Waals surface area contributed by atoms with Gasteiger partial charge in [0.05, 0.1) is 0 Å². The van der Waals surface area contributed by atoms with Gasteiger partial charge in [0.1, 0.15) is 11.6 Å². The molecule has 0 radical (unpaired) electrons. The second kappa shape index (κ2) is 6.01. The molecule has 1 heterocycles. The lowest BCUT2D eigenvalue weighted by atomic mass is 10.1. The van der Waals surface area contributed by atoms with Gasteiger partial charge >= 0.3 is 0 Å². The van der Waals surface area contributed by atoms with Gasteiger partial charge in [0, 0.05) is 24.0 Å². The van der Waals surface area contributed by atoms with Crippen LogP contribution in [0.2, 0.25) is 0 Å². The summed E-state index contributed by atoms with van der Waals surface area (Å²) in [5, 5.41) is 30.2. The van der Waals surface area contributed by atoms with E-state index in [1.54, 1.807) is 32.1 Å². The Morgan fingerprint density at radius 2 is 1.91 bits per heavy atom. The van der Waals surface area contributed by atoms with Crippen LogP contribution in [0.25, 0.3) is 0 Å². The summed E-state index contributed by atoms with van der Waals surface area (Å²) in [6, 6.07) is 3.62. The number of nitrogens with one attached hydrogen (secondary N) is 1. The van der Waals surface area contributed by atoms with Crippen LogP contribution >= 0.6 is 0 Å². The Balaban J connectivity index is 2.32. The number of hydrogen-bond donors (Lipinski definition) is 1. The number of pyridine rings is 1. The third-order valence-electron chi connectivity index (χ3n) is 3.17. The smallest absolute Gasteiger partial charge is 0.287 e. The minimum absolute atomic E-state index is 0.00685. The molecule has 0 fully saturated rings. The fourth-order valence-electron chi connectivity index (χ4n) is 2.02. The maximum Gasteiger partial charge on any atom is 0.287 e. The molecule has 0 aliphatic heterocycles. The molecule has 1 aliphatic carbocycles. The van der Waals surface area contributed by atoms with E-state index in [2.05, 4.69) is 5.43 Å². The highest BCUT2D eigenvalue weighted by Crippen LogP contribution is 2.07. The van der Waals surface area contributed by atoms with Crippen LogP contribution in [-0.2, 0) is 0 Å². The van der Waals surface area contributed by atoms with E-state index >= 15 is 0 Å². The summed E-state index contributed by atoms with van der Waals surface area (Å²) in [6.45, 7) is 3.45. The summed E-state index contributed by atoms with van der Waals surface area (Å²) in [7, 11) is 0. The molecule has 0 saturated carbocycles. The standard InChI is InChI=1S/C15H13N4O3/c1-10-7-11(2)18(15(20)14(10)8-16)17-9-12-3-5-13(6-4-12)19(21)22/h3-7,9,17H,1-2H3/q-1. The first kappa shape index (κ1) is 15.1. The molecule has 1 aromatic heterocycles. The van der Waals surface area contributed by atoms with Crippen LogP contribution in [0.5, 0.6) is 0 Å². The highest BCUT2D eigenvalue weighted by molar-refractivity contribution is 6.02. The summed E-state index contributed by atoms with van der Waals surface area (Å²) >= 11 is 0. The van der Waals surface area contributed by atoms with E-state index in [0.717, 1.165) is 0 Å². The van der Waals surface area contributed by atoms with Crippen molar-refractivity contribution in [2.75, 3.05) is 5.43 Å². The Bertz CT molecular complexity index is 814. The topological polar surface area (TPSA) is 107 Å². The normalized spacial score (nSPS) is 13.0. The summed E-state index contributed by atoms with van der Waals surface area (Å²) in [5.74, 6) is 0. The monoisotopic (exact) mass is 297 g/mol. The molecule has 1 aromatic rings. The molecular formula is C15H13N4O3-. The van der Waals surface area contributed by atoms with Gasteiger partial charge in [-0.25, -0.2) is 4.68 Å². The first-order chi connectivity index (χ1) is 10.4. The second-order valence-electron chi connectivity index (χ2n) is 4.72. The summed E-state index contributed by atoms with van der Waals surface area (Å²) in [5.41, 5.74) is 4.39. The zero-order chi connectivity index (χ0) is 16.3. The third-order valence-corrected chi connectivity index (χ3v) is 3.17. The first-order valence-corrected chi connectivity index (χ1v) is 6.41. The van der Waals surface area contributed by atoms with Crippen molar-refractivity contribution in [2.24, 2.45) is 0 Å². The summed E-state index contributed by atoms with van der Waals surface area (Å²) in [4.78, 5) is 11.7. The minimum Gasteiger partial charge on any atom is -0.612 e. The molecule has 1 N–H and O–H groups in total. The predicted octanol–water partition coefficient (Wildman–Crippen LogP) is 1.34. The second-order valence-corrected chi connectivity index (χ2v) is 4.72. The Morgan fingerprint density at radius 3 is 2.45 bits per heavy atom. The zero-order valence-electron chi connectivity index (χ0n) is 12.0. The van der Waals surface area contributed by atoms with E-state index in [4.69, 9.17) is 5.26 Å². The summed E-state index contributed by atoms with van der Waals surface area (Å²) < 4.78 is 1.26. The van der Waals surface area contributed by atoms with Crippen molar-refractivity contribution in [3.8, 4) is 6.07 Å². The third kappa shape index (κ3) is 2.91. The highest BCUT2D eigenvalue weighted by Gasteiger charge is 2.09. The lowest BCUT2D eigenvalue weighted by Crippen LogP contribution is -2.30. The molecule has 0 aromatic carbocycles. The lowest BCUT2D eigenvalue weighted by molar-refractivity contribution is -0.377. The van der Waals surface area contributed by atoms with Crippen molar-refractivity contribution in [1.29, 1.82) is 5.26 Å². The summed E-state index contributed by atoms with van der Waals surface area (Å²) in [6.07, 6.45) is 7.41. The van der Waals surface area contributed by atoms with Gasteiger partial charge in [0.15, 0.2) is 0 Å². The molecule has 7 nitrogen and oxygen atoms in total. The van der Waals surface area contributed by atoms with Crippen molar-refractivity contribution in [3.63, 3.8) is 0 Å². The van der Waals surface area contributed by atoms with Gasteiger partial charge in [0.2, 0.25) is 5.71 Å². The van der Waals surface area contributed by atoms with Gasteiger partial charge < -0.3 is 10.4 Å². The van der Waals surface area contributed by atoms with Crippen molar-refractivity contribution >= 4 is 5.71 Å². The van der Waals surface area contributed by atoms with Crippen LogP contribution in [-0.4, -0.2) is 15.3 Å². The molecule has 7 heteroatoms. The number of aromatic nitrogens is 1. The fraction of sp³-hybridized carbons (Fsp3) is 0.133. The number of nitriles is 1. The van der Waals surface area contributed by atoms with Crippen molar-refractivity contribution < 1.29 is 4.90 Å². The SMILES string of the molecule is Cc1cc(C)n(NC=C2C=CC(=[N+]([O-])[O-])C=C2)c(=O)c1C#N. The van der Waals surface area contributed by atoms with E-state index in [1.807, 2.05) is 6.07 Å². The van der Waals surface area contributed by atoms with Gasteiger partial charge in [-0.15, -0.1) is 0 Å². The molecular weight excluding hydrogens is 284 g/mol. The van der Waals surface area contributed by atoms with Crippen LogP contribution in [0.3, 0.4) is 0 Å². The molecule has 0 unspecified atom stereocenters.